The third-order valence-electron chi connectivity index (χ3n) is 1.72. The normalized spacial score (nSPS) is 11.1. The summed E-state index contributed by atoms with van der Waals surface area (Å²) in [6, 6.07) is 5.60. The molecule has 17 heavy (non-hydrogen) atoms. The first-order valence-electron chi connectivity index (χ1n) is 5.40. The number of carbonyl (C=O) groups is 1. The van der Waals surface area contributed by atoms with Crippen LogP contribution in [0.25, 0.3) is 0 Å². The zero-order chi connectivity index (χ0) is 12.9. The topological polar surface area (TPSA) is 60.5 Å². The van der Waals surface area contributed by atoms with Crippen LogP contribution >= 0.6 is 0 Å². The molecule has 0 aliphatic carbocycles. The third kappa shape index (κ3) is 5.87. The highest BCUT2D eigenvalue weighted by Gasteiger charge is 2.15. The van der Waals surface area contributed by atoms with Crippen molar-refractivity contribution in [3.8, 4) is 0 Å². The van der Waals surface area contributed by atoms with E-state index in [0.29, 0.717) is 0 Å². The van der Waals surface area contributed by atoms with Gasteiger partial charge in [-0.15, -0.1) is 0 Å². The maximum Gasteiger partial charge on any atom is 0.431 e. The van der Waals surface area contributed by atoms with E-state index in [-0.39, 0.29) is 6.61 Å². The molecule has 0 aliphatic rings. The first-order chi connectivity index (χ1) is 7.87. The molecule has 5 nitrogen and oxygen atoms in total. The van der Waals surface area contributed by atoms with Crippen LogP contribution in [0.4, 0.5) is 4.79 Å². The number of nitrogens with one attached hydrogen (secondary N) is 1. The molecule has 1 aromatic heterocycles. The minimum atomic E-state index is -0.606. The van der Waals surface area contributed by atoms with Gasteiger partial charge in [-0.1, -0.05) is 6.07 Å². The zero-order valence-electron chi connectivity index (χ0n) is 10.6. The molecular formula is C12H18N2O3. The van der Waals surface area contributed by atoms with Crippen LogP contribution in [0.1, 0.15) is 32.2 Å². The Hall–Kier alpha value is -1.62. The van der Waals surface area contributed by atoms with Crippen molar-refractivity contribution in [2.24, 2.45) is 0 Å². The average Bonchev–Trinajstić information content (AvgIpc) is 2.14. The first-order valence-corrected chi connectivity index (χ1v) is 5.40. The van der Waals surface area contributed by atoms with E-state index in [2.05, 4.69) is 10.5 Å². The standard InChI is InChI=1S/C12H18N2O3/c1-9-6-5-7-10(13-9)8-16-14-11(15)17-12(2,3)4/h5-7H,8H2,1-4H3,(H,14,15). The molecule has 94 valence electrons. The van der Waals surface area contributed by atoms with Gasteiger partial charge in [0.1, 0.15) is 12.2 Å². The maximum absolute atomic E-state index is 11.2. The molecule has 0 saturated carbocycles. The van der Waals surface area contributed by atoms with Gasteiger partial charge < -0.3 is 4.74 Å². The zero-order valence-corrected chi connectivity index (χ0v) is 10.6. The molecule has 0 unspecified atom stereocenters. The SMILES string of the molecule is Cc1cccc(CONC(=O)OC(C)(C)C)n1. The fourth-order valence-electron chi connectivity index (χ4n) is 1.15. The number of hydrogen-bond acceptors (Lipinski definition) is 4. The predicted molar refractivity (Wildman–Crippen MR) is 63.1 cm³/mol. The van der Waals surface area contributed by atoms with E-state index in [0.717, 1.165) is 11.4 Å². The lowest BCUT2D eigenvalue weighted by molar-refractivity contribution is -0.0144. The minimum Gasteiger partial charge on any atom is -0.442 e. The lowest BCUT2D eigenvalue weighted by Gasteiger charge is -2.19. The Bertz CT molecular complexity index is 386. The smallest absolute Gasteiger partial charge is 0.431 e. The molecule has 1 N–H and O–H groups in total. The molecule has 0 atom stereocenters. The van der Waals surface area contributed by atoms with Gasteiger partial charge in [-0.05, 0) is 39.8 Å². The van der Waals surface area contributed by atoms with Crippen molar-refractivity contribution < 1.29 is 14.4 Å². The first kappa shape index (κ1) is 13.4. The summed E-state index contributed by atoms with van der Waals surface area (Å²) in [5.41, 5.74) is 3.33. The van der Waals surface area contributed by atoms with Crippen molar-refractivity contribution in [1.82, 2.24) is 10.5 Å². The van der Waals surface area contributed by atoms with Crippen LogP contribution in [-0.4, -0.2) is 16.7 Å². The Morgan fingerprint density at radius 1 is 1.41 bits per heavy atom. The Labute approximate surface area is 101 Å². The predicted octanol–water partition coefficient (Wildman–Crippen LogP) is 2.35. The summed E-state index contributed by atoms with van der Waals surface area (Å²) >= 11 is 0. The van der Waals surface area contributed by atoms with Crippen LogP contribution in [0.15, 0.2) is 18.2 Å². The van der Waals surface area contributed by atoms with E-state index in [1.54, 1.807) is 20.8 Å². The Kier molecular flexibility index (Phi) is 4.45. The van der Waals surface area contributed by atoms with Crippen molar-refractivity contribution in [2.45, 2.75) is 39.9 Å². The number of hydrogen-bond donors (Lipinski definition) is 1. The van der Waals surface area contributed by atoms with E-state index in [1.165, 1.54) is 0 Å². The highest BCUT2D eigenvalue weighted by atomic mass is 16.7. The molecule has 0 aromatic carbocycles. The molecule has 0 radical (unpaired) electrons. The lowest BCUT2D eigenvalue weighted by atomic mass is 10.2. The van der Waals surface area contributed by atoms with Gasteiger partial charge in [-0.25, -0.2) is 4.79 Å². The van der Waals surface area contributed by atoms with Crippen molar-refractivity contribution in [2.75, 3.05) is 0 Å². The number of pyridine rings is 1. The Morgan fingerprint density at radius 3 is 2.71 bits per heavy atom. The molecule has 0 aliphatic heterocycles. The van der Waals surface area contributed by atoms with E-state index in [9.17, 15) is 4.79 Å². The van der Waals surface area contributed by atoms with Crippen LogP contribution < -0.4 is 5.48 Å². The second-order valence-corrected chi connectivity index (χ2v) is 4.66. The average molecular weight is 238 g/mol. The van der Waals surface area contributed by atoms with E-state index < -0.39 is 11.7 Å². The van der Waals surface area contributed by atoms with Gasteiger partial charge in [0.2, 0.25) is 0 Å². The molecule has 1 aromatic rings. The molecule has 0 spiro atoms. The van der Waals surface area contributed by atoms with Crippen molar-refractivity contribution in [1.29, 1.82) is 0 Å². The molecule has 1 rings (SSSR count). The van der Waals surface area contributed by atoms with Crippen molar-refractivity contribution in [3.05, 3.63) is 29.6 Å². The van der Waals surface area contributed by atoms with Crippen LogP contribution in [0.2, 0.25) is 0 Å². The number of ether oxygens (including phenoxy) is 1. The second kappa shape index (κ2) is 5.63. The summed E-state index contributed by atoms with van der Waals surface area (Å²) in [6.07, 6.45) is -0.606. The summed E-state index contributed by atoms with van der Waals surface area (Å²) in [7, 11) is 0. The molecule has 0 fully saturated rings. The number of carbonyl (C=O) groups excluding carboxylic acids is 1. The van der Waals surface area contributed by atoms with Crippen molar-refractivity contribution in [3.63, 3.8) is 0 Å². The molecule has 1 amide bonds. The molecule has 0 bridgehead atoms. The highest BCUT2D eigenvalue weighted by molar-refractivity contribution is 5.66. The maximum atomic E-state index is 11.2. The largest absolute Gasteiger partial charge is 0.442 e. The van der Waals surface area contributed by atoms with Gasteiger partial charge in [-0.2, -0.15) is 5.48 Å². The van der Waals surface area contributed by atoms with Crippen LogP contribution in [0.5, 0.6) is 0 Å². The number of nitrogens with zero attached hydrogens (tertiary/aromatic N) is 1. The lowest BCUT2D eigenvalue weighted by Crippen LogP contribution is -2.32. The molecular weight excluding hydrogens is 220 g/mol. The number of amides is 1. The summed E-state index contributed by atoms with van der Waals surface area (Å²) in [4.78, 5) is 20.5. The van der Waals surface area contributed by atoms with E-state index in [1.807, 2.05) is 25.1 Å². The quantitative estimate of drug-likeness (QED) is 0.821. The fourth-order valence-corrected chi connectivity index (χ4v) is 1.15. The minimum absolute atomic E-state index is 0.209. The number of aryl methyl sites for hydroxylation is 1. The summed E-state index contributed by atoms with van der Waals surface area (Å²) in [5.74, 6) is 0. The summed E-state index contributed by atoms with van der Waals surface area (Å²) in [5, 5.41) is 0. The number of hydroxylamine groups is 1. The van der Waals surface area contributed by atoms with E-state index >= 15 is 0 Å². The third-order valence-corrected chi connectivity index (χ3v) is 1.72. The van der Waals surface area contributed by atoms with E-state index in [4.69, 9.17) is 9.57 Å². The van der Waals surface area contributed by atoms with Gasteiger partial charge in [-0.3, -0.25) is 9.82 Å². The van der Waals surface area contributed by atoms with Gasteiger partial charge in [0.15, 0.2) is 0 Å². The van der Waals surface area contributed by atoms with Gasteiger partial charge in [0, 0.05) is 5.69 Å². The van der Waals surface area contributed by atoms with Crippen LogP contribution in [0.3, 0.4) is 0 Å². The van der Waals surface area contributed by atoms with Crippen LogP contribution in [0, 0.1) is 6.92 Å². The fraction of sp³-hybridized carbons (Fsp3) is 0.500. The number of rotatable bonds is 3. The molecule has 5 heteroatoms. The van der Waals surface area contributed by atoms with Gasteiger partial charge in [0.25, 0.3) is 0 Å². The Balaban J connectivity index is 2.31. The van der Waals surface area contributed by atoms with Crippen LogP contribution in [-0.2, 0) is 16.2 Å². The van der Waals surface area contributed by atoms with Gasteiger partial charge >= 0.3 is 6.09 Å². The molecule has 1 heterocycles. The highest BCUT2D eigenvalue weighted by Crippen LogP contribution is 2.06. The second-order valence-electron chi connectivity index (χ2n) is 4.66. The molecule has 0 saturated heterocycles. The van der Waals surface area contributed by atoms with Crippen molar-refractivity contribution >= 4 is 6.09 Å². The number of aromatic nitrogens is 1. The monoisotopic (exact) mass is 238 g/mol. The summed E-state index contributed by atoms with van der Waals surface area (Å²) < 4.78 is 5.00. The summed E-state index contributed by atoms with van der Waals surface area (Å²) in [6.45, 7) is 7.46. The van der Waals surface area contributed by atoms with Gasteiger partial charge in [0.05, 0.1) is 5.69 Å². The Morgan fingerprint density at radius 2 is 2.12 bits per heavy atom.